The highest BCUT2D eigenvalue weighted by atomic mass is 35.5. The van der Waals surface area contributed by atoms with Crippen molar-refractivity contribution in [1.29, 1.82) is 0 Å². The lowest BCUT2D eigenvalue weighted by Gasteiger charge is -2.03. The van der Waals surface area contributed by atoms with E-state index >= 15 is 0 Å². The fourth-order valence-electron chi connectivity index (χ4n) is 1.30. The maximum Gasteiger partial charge on any atom is 0.314 e. The van der Waals surface area contributed by atoms with Crippen LogP contribution in [0.2, 0.25) is 0 Å². The zero-order valence-corrected chi connectivity index (χ0v) is 9.57. The van der Waals surface area contributed by atoms with E-state index in [2.05, 4.69) is 4.98 Å². The standard InChI is InChI=1S/C10H12ClN3O2/c1-7-8(4-2-3-5-11)6-13-10(12)9(7)14(15)16/h2,4,6H,3,5H2,1H3,(H2,12,13). The van der Waals surface area contributed by atoms with Gasteiger partial charge in [-0.3, -0.25) is 10.1 Å². The Balaban J connectivity index is 3.13. The maximum atomic E-state index is 10.8. The molecule has 5 nitrogen and oxygen atoms in total. The largest absolute Gasteiger partial charge is 0.378 e. The Morgan fingerprint density at radius 1 is 1.69 bits per heavy atom. The molecule has 1 heterocycles. The van der Waals surface area contributed by atoms with Crippen molar-refractivity contribution in [2.45, 2.75) is 13.3 Å². The van der Waals surface area contributed by atoms with Gasteiger partial charge in [0.2, 0.25) is 5.82 Å². The van der Waals surface area contributed by atoms with Gasteiger partial charge in [-0.1, -0.05) is 12.2 Å². The van der Waals surface area contributed by atoms with Gasteiger partial charge in [0.25, 0.3) is 0 Å². The molecule has 0 aliphatic heterocycles. The minimum Gasteiger partial charge on any atom is -0.378 e. The molecule has 2 N–H and O–H groups in total. The van der Waals surface area contributed by atoms with E-state index < -0.39 is 4.92 Å². The first kappa shape index (κ1) is 12.4. The van der Waals surface area contributed by atoms with Crippen LogP contribution in [0.5, 0.6) is 0 Å². The lowest BCUT2D eigenvalue weighted by atomic mass is 10.1. The molecule has 0 aliphatic rings. The number of allylic oxidation sites excluding steroid dienone is 1. The molecule has 6 heteroatoms. The van der Waals surface area contributed by atoms with E-state index in [1.165, 1.54) is 6.20 Å². The van der Waals surface area contributed by atoms with Gasteiger partial charge in [0, 0.05) is 23.2 Å². The van der Waals surface area contributed by atoms with Gasteiger partial charge in [0.1, 0.15) is 0 Å². The van der Waals surface area contributed by atoms with Gasteiger partial charge in [0.15, 0.2) is 0 Å². The highest BCUT2D eigenvalue weighted by Crippen LogP contribution is 2.26. The average Bonchev–Trinajstić information content (AvgIpc) is 2.21. The first-order chi connectivity index (χ1) is 7.57. The van der Waals surface area contributed by atoms with E-state index in [0.29, 0.717) is 23.4 Å². The Hall–Kier alpha value is -1.62. The molecule has 1 rings (SSSR count). The normalized spacial score (nSPS) is 10.9. The van der Waals surface area contributed by atoms with E-state index in [9.17, 15) is 10.1 Å². The SMILES string of the molecule is Cc1c(C=CCCCl)cnc(N)c1[N+](=O)[O-]. The highest BCUT2D eigenvalue weighted by Gasteiger charge is 2.18. The van der Waals surface area contributed by atoms with Gasteiger partial charge >= 0.3 is 5.69 Å². The smallest absolute Gasteiger partial charge is 0.314 e. The summed E-state index contributed by atoms with van der Waals surface area (Å²) in [4.78, 5) is 14.0. The summed E-state index contributed by atoms with van der Waals surface area (Å²) in [6.07, 6.45) is 5.83. The van der Waals surface area contributed by atoms with Crippen LogP contribution in [0.3, 0.4) is 0 Å². The molecule has 0 unspecified atom stereocenters. The zero-order valence-electron chi connectivity index (χ0n) is 8.81. The molecule has 0 fully saturated rings. The molecule has 0 aliphatic carbocycles. The lowest BCUT2D eigenvalue weighted by molar-refractivity contribution is -0.384. The molecular weight excluding hydrogens is 230 g/mol. The van der Waals surface area contributed by atoms with Gasteiger partial charge in [-0.15, -0.1) is 11.6 Å². The van der Waals surface area contributed by atoms with Crippen LogP contribution in [0, 0.1) is 17.0 Å². The van der Waals surface area contributed by atoms with Crippen molar-refractivity contribution in [3.05, 3.63) is 33.5 Å². The quantitative estimate of drug-likeness (QED) is 0.499. The Kier molecular flexibility index (Phi) is 4.25. The first-order valence-electron chi connectivity index (χ1n) is 4.70. The van der Waals surface area contributed by atoms with E-state index in [0.717, 1.165) is 0 Å². The van der Waals surface area contributed by atoms with Crippen molar-refractivity contribution in [1.82, 2.24) is 4.98 Å². The summed E-state index contributed by atoms with van der Waals surface area (Å²) in [5, 5.41) is 10.8. The molecule has 1 aromatic heterocycles. The van der Waals surface area contributed by atoms with Gasteiger partial charge < -0.3 is 5.73 Å². The number of aromatic nitrogens is 1. The second-order valence-corrected chi connectivity index (χ2v) is 3.59. The molecule has 0 amide bonds. The molecular formula is C10H12ClN3O2. The fourth-order valence-corrected chi connectivity index (χ4v) is 1.42. The van der Waals surface area contributed by atoms with E-state index in [1.807, 2.05) is 6.08 Å². The summed E-state index contributed by atoms with van der Waals surface area (Å²) < 4.78 is 0. The predicted molar refractivity (Wildman–Crippen MR) is 64.4 cm³/mol. The third-order valence-electron chi connectivity index (χ3n) is 2.13. The number of alkyl halides is 1. The molecule has 0 bridgehead atoms. The Labute approximate surface area is 98.1 Å². The number of nitrogen functional groups attached to an aromatic ring is 1. The lowest BCUT2D eigenvalue weighted by Crippen LogP contribution is -2.02. The predicted octanol–water partition coefficient (Wildman–Crippen LogP) is 2.52. The second kappa shape index (κ2) is 5.46. The number of halogens is 1. The summed E-state index contributed by atoms with van der Waals surface area (Å²) >= 11 is 5.52. The molecule has 0 radical (unpaired) electrons. The minimum absolute atomic E-state index is 0.0583. The van der Waals surface area contributed by atoms with Crippen molar-refractivity contribution in [2.75, 3.05) is 11.6 Å². The molecule has 0 spiro atoms. The summed E-state index contributed by atoms with van der Waals surface area (Å²) in [5.41, 5.74) is 6.52. The number of pyridine rings is 1. The van der Waals surface area contributed by atoms with Gasteiger partial charge in [-0.05, 0) is 13.3 Å². The summed E-state index contributed by atoms with van der Waals surface area (Å²) in [7, 11) is 0. The van der Waals surface area contributed by atoms with Crippen LogP contribution in [0.25, 0.3) is 6.08 Å². The monoisotopic (exact) mass is 241 g/mol. The zero-order chi connectivity index (χ0) is 12.1. The second-order valence-electron chi connectivity index (χ2n) is 3.21. The molecule has 0 saturated carbocycles. The fraction of sp³-hybridized carbons (Fsp3) is 0.300. The summed E-state index contributed by atoms with van der Waals surface area (Å²) in [6, 6.07) is 0. The number of rotatable bonds is 4. The summed E-state index contributed by atoms with van der Waals surface area (Å²) in [5.74, 6) is 0.456. The number of hydrogen-bond acceptors (Lipinski definition) is 4. The van der Waals surface area contributed by atoms with Gasteiger partial charge in [-0.25, -0.2) is 4.98 Å². The molecule has 0 atom stereocenters. The highest BCUT2D eigenvalue weighted by molar-refractivity contribution is 6.17. The number of nitrogens with two attached hydrogens (primary N) is 1. The third-order valence-corrected chi connectivity index (χ3v) is 2.35. The molecule has 0 aromatic carbocycles. The molecule has 1 aromatic rings. The minimum atomic E-state index is -0.517. The average molecular weight is 242 g/mol. The number of hydrogen-bond donors (Lipinski definition) is 1. The van der Waals surface area contributed by atoms with Crippen LogP contribution in [-0.4, -0.2) is 15.8 Å². The van der Waals surface area contributed by atoms with Crippen LogP contribution >= 0.6 is 11.6 Å². The maximum absolute atomic E-state index is 10.8. The van der Waals surface area contributed by atoms with Gasteiger partial charge in [0.05, 0.1) is 4.92 Å². The van der Waals surface area contributed by atoms with Crippen LogP contribution in [0.1, 0.15) is 17.5 Å². The third kappa shape index (κ3) is 2.70. The van der Waals surface area contributed by atoms with Crippen molar-refractivity contribution < 1.29 is 4.92 Å². The Bertz CT molecular complexity index is 432. The Morgan fingerprint density at radius 2 is 2.38 bits per heavy atom. The number of nitrogens with zero attached hydrogens (tertiary/aromatic N) is 2. The van der Waals surface area contributed by atoms with E-state index in [4.69, 9.17) is 17.3 Å². The van der Waals surface area contributed by atoms with Gasteiger partial charge in [-0.2, -0.15) is 0 Å². The number of anilines is 1. The topological polar surface area (TPSA) is 82.0 Å². The summed E-state index contributed by atoms with van der Waals surface area (Å²) in [6.45, 7) is 1.65. The van der Waals surface area contributed by atoms with Crippen molar-refractivity contribution >= 4 is 29.2 Å². The Morgan fingerprint density at radius 3 is 2.94 bits per heavy atom. The molecule has 16 heavy (non-hydrogen) atoms. The van der Waals surface area contributed by atoms with Crippen LogP contribution in [0.4, 0.5) is 11.5 Å². The van der Waals surface area contributed by atoms with Crippen LogP contribution in [-0.2, 0) is 0 Å². The first-order valence-corrected chi connectivity index (χ1v) is 5.23. The number of nitro groups is 1. The van der Waals surface area contributed by atoms with Crippen LogP contribution < -0.4 is 5.73 Å². The van der Waals surface area contributed by atoms with Crippen molar-refractivity contribution in [3.63, 3.8) is 0 Å². The molecule has 86 valence electrons. The molecule has 0 saturated heterocycles. The van der Waals surface area contributed by atoms with E-state index in [-0.39, 0.29) is 11.5 Å². The van der Waals surface area contributed by atoms with E-state index in [1.54, 1.807) is 13.0 Å². The van der Waals surface area contributed by atoms with Crippen LogP contribution in [0.15, 0.2) is 12.3 Å². The van der Waals surface area contributed by atoms with Crippen molar-refractivity contribution in [3.8, 4) is 0 Å². The van der Waals surface area contributed by atoms with Crippen molar-refractivity contribution in [2.24, 2.45) is 0 Å².